The third-order valence-corrected chi connectivity index (χ3v) is 2.40. The second-order valence-electron chi connectivity index (χ2n) is 5.31. The summed E-state index contributed by atoms with van der Waals surface area (Å²) in [6, 6.07) is 5.50. The number of amides is 1. The topological polar surface area (TPSA) is 107 Å². The van der Waals surface area contributed by atoms with Crippen LogP contribution in [0.3, 0.4) is 0 Å². The first-order chi connectivity index (χ1) is 9.20. The molecule has 1 aromatic carbocycles. The van der Waals surface area contributed by atoms with Gasteiger partial charge in [-0.2, -0.15) is 0 Å². The van der Waals surface area contributed by atoms with Gasteiger partial charge in [0.1, 0.15) is 5.60 Å². The van der Waals surface area contributed by atoms with Gasteiger partial charge in [-0.05, 0) is 20.8 Å². The number of carbonyl (C=O) groups excluding carboxylic acids is 1. The van der Waals surface area contributed by atoms with Crippen molar-refractivity contribution in [2.75, 3.05) is 6.54 Å². The van der Waals surface area contributed by atoms with E-state index in [-0.39, 0.29) is 24.6 Å². The first kappa shape index (κ1) is 19.1. The Morgan fingerprint density at radius 2 is 2.00 bits per heavy atom. The summed E-state index contributed by atoms with van der Waals surface area (Å²) in [6.45, 7) is 5.29. The lowest BCUT2D eigenvalue weighted by Crippen LogP contribution is -2.36. The number of benzene rings is 1. The van der Waals surface area contributed by atoms with Gasteiger partial charge in [-0.25, -0.2) is 4.79 Å². The van der Waals surface area contributed by atoms with Crippen LogP contribution >= 0.6 is 12.4 Å². The van der Waals surface area contributed by atoms with Crippen LogP contribution < -0.4 is 11.1 Å². The molecule has 0 aromatic heterocycles. The fraction of sp³-hybridized carbons (Fsp3) is 0.462. The van der Waals surface area contributed by atoms with Gasteiger partial charge in [-0.15, -0.1) is 12.4 Å². The van der Waals surface area contributed by atoms with Crippen molar-refractivity contribution in [3.8, 4) is 0 Å². The highest BCUT2D eigenvalue weighted by molar-refractivity contribution is 5.85. The van der Waals surface area contributed by atoms with Gasteiger partial charge in [0.15, 0.2) is 0 Å². The van der Waals surface area contributed by atoms with E-state index >= 15 is 0 Å². The molecule has 8 heteroatoms. The van der Waals surface area contributed by atoms with Gasteiger partial charge in [-0.1, -0.05) is 18.2 Å². The minimum atomic E-state index is -0.677. The average Bonchev–Trinajstić information content (AvgIpc) is 2.33. The summed E-state index contributed by atoms with van der Waals surface area (Å²) < 4.78 is 5.06. The summed E-state index contributed by atoms with van der Waals surface area (Å²) in [7, 11) is 0. The average molecular weight is 318 g/mol. The van der Waals surface area contributed by atoms with Crippen LogP contribution in [0.1, 0.15) is 32.4 Å². The second-order valence-corrected chi connectivity index (χ2v) is 5.31. The Morgan fingerprint density at radius 1 is 1.43 bits per heavy atom. The molecule has 0 saturated heterocycles. The summed E-state index contributed by atoms with van der Waals surface area (Å²) in [5.41, 5.74) is 5.57. The van der Waals surface area contributed by atoms with E-state index in [0.717, 1.165) is 0 Å². The number of rotatable bonds is 4. The van der Waals surface area contributed by atoms with Gasteiger partial charge in [0.2, 0.25) is 0 Å². The molecule has 3 N–H and O–H groups in total. The fourth-order valence-electron chi connectivity index (χ4n) is 1.58. The van der Waals surface area contributed by atoms with E-state index in [1.165, 1.54) is 6.07 Å². The van der Waals surface area contributed by atoms with Gasteiger partial charge in [-0.3, -0.25) is 10.1 Å². The van der Waals surface area contributed by atoms with Crippen molar-refractivity contribution in [3.63, 3.8) is 0 Å². The number of nitro groups is 1. The third kappa shape index (κ3) is 6.42. The van der Waals surface area contributed by atoms with Gasteiger partial charge in [0.05, 0.1) is 11.0 Å². The molecule has 0 saturated carbocycles. The molecule has 0 fully saturated rings. The molecule has 0 heterocycles. The Morgan fingerprint density at radius 3 is 2.52 bits per heavy atom. The van der Waals surface area contributed by atoms with E-state index in [9.17, 15) is 14.9 Å². The monoisotopic (exact) mass is 317 g/mol. The van der Waals surface area contributed by atoms with E-state index in [2.05, 4.69) is 5.32 Å². The Labute approximate surface area is 129 Å². The van der Waals surface area contributed by atoms with Crippen LogP contribution in [0.15, 0.2) is 24.3 Å². The molecule has 0 aliphatic carbocycles. The first-order valence-corrected chi connectivity index (χ1v) is 6.16. The summed E-state index contributed by atoms with van der Waals surface area (Å²) in [5, 5.41) is 13.4. The number of para-hydroxylation sites is 1. The van der Waals surface area contributed by atoms with E-state index in [1.54, 1.807) is 39.0 Å². The van der Waals surface area contributed by atoms with E-state index in [4.69, 9.17) is 10.5 Å². The number of nitrogens with two attached hydrogens (primary N) is 1. The van der Waals surface area contributed by atoms with E-state index in [1.807, 2.05) is 0 Å². The normalized spacial score (nSPS) is 12.0. The van der Waals surface area contributed by atoms with Crippen molar-refractivity contribution in [3.05, 3.63) is 39.9 Å². The number of hydrogen-bond donors (Lipinski definition) is 2. The fourth-order valence-corrected chi connectivity index (χ4v) is 1.58. The molecule has 0 aliphatic heterocycles. The number of halogens is 1. The molecular weight excluding hydrogens is 298 g/mol. The summed E-state index contributed by atoms with van der Waals surface area (Å²) >= 11 is 0. The number of carbonyl (C=O) groups is 1. The maximum absolute atomic E-state index is 11.5. The minimum absolute atomic E-state index is 0. The van der Waals surface area contributed by atoms with Crippen molar-refractivity contribution in [1.82, 2.24) is 5.32 Å². The molecule has 1 unspecified atom stereocenters. The number of hydrogen-bond acceptors (Lipinski definition) is 5. The maximum atomic E-state index is 11.5. The predicted octanol–water partition coefficient (Wildman–Crippen LogP) is 2.54. The lowest BCUT2D eigenvalue weighted by Gasteiger charge is -2.20. The van der Waals surface area contributed by atoms with Crippen molar-refractivity contribution in [2.24, 2.45) is 5.73 Å². The molecule has 1 aromatic rings. The Bertz CT molecular complexity index is 502. The van der Waals surface area contributed by atoms with Crippen molar-refractivity contribution in [1.29, 1.82) is 0 Å². The smallest absolute Gasteiger partial charge is 0.407 e. The van der Waals surface area contributed by atoms with Crippen LogP contribution in [-0.2, 0) is 4.74 Å². The molecule has 0 radical (unpaired) electrons. The molecule has 1 amide bonds. The summed E-state index contributed by atoms with van der Waals surface area (Å²) in [5.74, 6) is 0. The van der Waals surface area contributed by atoms with Crippen molar-refractivity contribution < 1.29 is 14.5 Å². The number of alkyl carbamates (subject to hydrolysis) is 1. The highest BCUT2D eigenvalue weighted by Gasteiger charge is 2.20. The molecule has 0 aliphatic rings. The van der Waals surface area contributed by atoms with Crippen LogP contribution in [0.5, 0.6) is 0 Å². The second kappa shape index (κ2) is 7.80. The van der Waals surface area contributed by atoms with Crippen LogP contribution in [0.25, 0.3) is 0 Å². The van der Waals surface area contributed by atoms with Crippen LogP contribution in [-0.4, -0.2) is 23.2 Å². The standard InChI is InChI=1S/C13H19N3O4.ClH/c1-13(2,3)20-12(17)15-8-10(14)9-6-4-5-7-11(9)16(18)19;/h4-7,10H,8,14H2,1-3H3,(H,15,17);1H. The Hall–Kier alpha value is -1.86. The molecule has 1 atom stereocenters. The number of nitrogens with one attached hydrogen (secondary N) is 1. The van der Waals surface area contributed by atoms with Crippen LogP contribution in [0.2, 0.25) is 0 Å². The Kier molecular flexibility index (Phi) is 7.11. The van der Waals surface area contributed by atoms with Crippen LogP contribution in [0.4, 0.5) is 10.5 Å². The third-order valence-electron chi connectivity index (χ3n) is 2.40. The molecule has 118 valence electrons. The molecule has 21 heavy (non-hydrogen) atoms. The number of nitrogens with zero attached hydrogens (tertiary/aromatic N) is 1. The maximum Gasteiger partial charge on any atom is 0.407 e. The Balaban J connectivity index is 0.00000400. The zero-order chi connectivity index (χ0) is 15.3. The molecule has 0 spiro atoms. The molecule has 0 bridgehead atoms. The first-order valence-electron chi connectivity index (χ1n) is 6.16. The molecule has 7 nitrogen and oxygen atoms in total. The summed E-state index contributed by atoms with van der Waals surface area (Å²) in [4.78, 5) is 21.9. The largest absolute Gasteiger partial charge is 0.444 e. The summed E-state index contributed by atoms with van der Waals surface area (Å²) in [6.07, 6.45) is -0.605. The number of nitro benzene ring substituents is 1. The highest BCUT2D eigenvalue weighted by atomic mass is 35.5. The zero-order valence-electron chi connectivity index (χ0n) is 12.2. The lowest BCUT2D eigenvalue weighted by molar-refractivity contribution is -0.385. The quantitative estimate of drug-likeness (QED) is 0.655. The van der Waals surface area contributed by atoms with E-state index in [0.29, 0.717) is 5.56 Å². The van der Waals surface area contributed by atoms with Gasteiger partial charge < -0.3 is 15.8 Å². The predicted molar refractivity (Wildman–Crippen MR) is 81.5 cm³/mol. The number of ether oxygens (including phenoxy) is 1. The minimum Gasteiger partial charge on any atom is -0.444 e. The molecule has 1 rings (SSSR count). The highest BCUT2D eigenvalue weighted by Crippen LogP contribution is 2.22. The van der Waals surface area contributed by atoms with Crippen LogP contribution in [0, 0.1) is 10.1 Å². The SMILES string of the molecule is CC(C)(C)OC(=O)NCC(N)c1ccccc1[N+](=O)[O-].Cl. The van der Waals surface area contributed by atoms with Gasteiger partial charge in [0.25, 0.3) is 5.69 Å². The van der Waals surface area contributed by atoms with E-state index < -0.39 is 22.7 Å². The van der Waals surface area contributed by atoms with Gasteiger partial charge in [0, 0.05) is 18.2 Å². The van der Waals surface area contributed by atoms with Crippen molar-refractivity contribution >= 4 is 24.2 Å². The molecular formula is C13H20ClN3O4. The van der Waals surface area contributed by atoms with Gasteiger partial charge >= 0.3 is 6.09 Å². The lowest BCUT2D eigenvalue weighted by atomic mass is 10.1. The van der Waals surface area contributed by atoms with Crippen molar-refractivity contribution in [2.45, 2.75) is 32.4 Å². The zero-order valence-corrected chi connectivity index (χ0v) is 13.0.